The Morgan fingerprint density at radius 3 is 2.25 bits per heavy atom. The SMILES string of the molecule is CC(C)(C)OC(=O)Nc1nc(/C(=N/OC2CCN(C(=O)OC(C)(C)C)CC2)C(=O)O)cs1. The Labute approximate surface area is 190 Å². The molecule has 1 saturated heterocycles. The van der Waals surface area contributed by atoms with Gasteiger partial charge in [-0.05, 0) is 41.5 Å². The van der Waals surface area contributed by atoms with Crippen molar-refractivity contribution in [3.05, 3.63) is 11.1 Å². The molecule has 0 spiro atoms. The Balaban J connectivity index is 1.95. The zero-order valence-corrected chi connectivity index (χ0v) is 19.9. The summed E-state index contributed by atoms with van der Waals surface area (Å²) in [5.41, 5.74) is -1.58. The third-order valence-electron chi connectivity index (χ3n) is 3.94. The number of nitrogens with zero attached hydrogens (tertiary/aromatic N) is 3. The van der Waals surface area contributed by atoms with Crippen molar-refractivity contribution in [3.8, 4) is 0 Å². The quantitative estimate of drug-likeness (QED) is 0.490. The van der Waals surface area contributed by atoms with Gasteiger partial charge in [0.25, 0.3) is 0 Å². The summed E-state index contributed by atoms with van der Waals surface area (Å²) in [5, 5.41) is 17.4. The molecule has 178 valence electrons. The highest BCUT2D eigenvalue weighted by atomic mass is 32.1. The Morgan fingerprint density at radius 2 is 1.72 bits per heavy atom. The zero-order valence-electron chi connectivity index (χ0n) is 19.1. The van der Waals surface area contributed by atoms with Crippen molar-refractivity contribution in [3.63, 3.8) is 0 Å². The summed E-state index contributed by atoms with van der Waals surface area (Å²) in [5.74, 6) is -1.31. The molecular formula is C20H30N4O7S. The number of aromatic nitrogens is 1. The number of hydrogen-bond acceptors (Lipinski definition) is 9. The molecule has 11 nitrogen and oxygen atoms in total. The predicted octanol–water partition coefficient (Wildman–Crippen LogP) is 3.69. The molecule has 0 saturated carbocycles. The van der Waals surface area contributed by atoms with Crippen LogP contribution in [0.2, 0.25) is 0 Å². The molecule has 0 radical (unpaired) electrons. The second kappa shape index (κ2) is 10.2. The fourth-order valence-electron chi connectivity index (χ4n) is 2.62. The van der Waals surface area contributed by atoms with Crippen LogP contribution in [0.5, 0.6) is 0 Å². The van der Waals surface area contributed by atoms with Crippen LogP contribution in [0.4, 0.5) is 14.7 Å². The van der Waals surface area contributed by atoms with Crippen LogP contribution < -0.4 is 5.32 Å². The van der Waals surface area contributed by atoms with E-state index in [4.69, 9.17) is 14.3 Å². The van der Waals surface area contributed by atoms with E-state index in [-0.39, 0.29) is 22.6 Å². The summed E-state index contributed by atoms with van der Waals surface area (Å²) >= 11 is 1.04. The van der Waals surface area contributed by atoms with E-state index in [9.17, 15) is 19.5 Å². The van der Waals surface area contributed by atoms with Gasteiger partial charge in [0.2, 0.25) is 5.71 Å². The van der Waals surface area contributed by atoms with E-state index in [1.165, 1.54) is 5.38 Å². The summed E-state index contributed by atoms with van der Waals surface area (Å²) in [7, 11) is 0. The van der Waals surface area contributed by atoms with E-state index in [0.29, 0.717) is 25.9 Å². The molecule has 2 rings (SSSR count). The average molecular weight is 471 g/mol. The highest BCUT2D eigenvalue weighted by molar-refractivity contribution is 7.14. The first kappa shape index (κ1) is 25.4. The first-order valence-electron chi connectivity index (χ1n) is 10.1. The van der Waals surface area contributed by atoms with Crippen LogP contribution >= 0.6 is 11.3 Å². The van der Waals surface area contributed by atoms with Crippen LogP contribution in [0.3, 0.4) is 0 Å². The summed E-state index contributed by atoms with van der Waals surface area (Å²) in [4.78, 5) is 46.7. The van der Waals surface area contributed by atoms with Crippen molar-refractivity contribution in [1.29, 1.82) is 0 Å². The standard InChI is InChI=1S/C20H30N4O7S/c1-19(2,3)29-17(27)22-16-21-13(11-32-16)14(15(25)26)23-31-12-7-9-24(10-8-12)18(28)30-20(4,5)6/h11-12H,7-10H2,1-6H3,(H,25,26)(H,21,22,27)/b23-14-. The summed E-state index contributed by atoms with van der Waals surface area (Å²) < 4.78 is 10.5. The lowest BCUT2D eigenvalue weighted by Crippen LogP contribution is -2.43. The fourth-order valence-corrected chi connectivity index (χ4v) is 3.30. The molecule has 32 heavy (non-hydrogen) atoms. The van der Waals surface area contributed by atoms with Gasteiger partial charge >= 0.3 is 18.2 Å². The number of likely N-dealkylation sites (tertiary alicyclic amines) is 1. The third-order valence-corrected chi connectivity index (χ3v) is 4.70. The Bertz CT molecular complexity index is 862. The molecule has 12 heteroatoms. The number of nitrogens with one attached hydrogen (secondary N) is 1. The maximum atomic E-state index is 12.1. The van der Waals surface area contributed by atoms with Crippen LogP contribution in [0.25, 0.3) is 0 Å². The van der Waals surface area contributed by atoms with E-state index in [2.05, 4.69) is 15.5 Å². The summed E-state index contributed by atoms with van der Waals surface area (Å²) in [6.45, 7) is 11.4. The lowest BCUT2D eigenvalue weighted by atomic mass is 10.1. The third kappa shape index (κ3) is 8.33. The number of thiazole rings is 1. The van der Waals surface area contributed by atoms with Crippen molar-refractivity contribution in [2.45, 2.75) is 71.7 Å². The molecule has 1 aromatic heterocycles. The largest absolute Gasteiger partial charge is 0.476 e. The minimum absolute atomic E-state index is 0.0553. The lowest BCUT2D eigenvalue weighted by Gasteiger charge is -2.32. The van der Waals surface area contributed by atoms with Crippen LogP contribution in [0.15, 0.2) is 10.5 Å². The lowest BCUT2D eigenvalue weighted by molar-refractivity contribution is -0.129. The van der Waals surface area contributed by atoms with Gasteiger partial charge in [-0.3, -0.25) is 5.32 Å². The summed E-state index contributed by atoms with van der Waals surface area (Å²) in [6, 6.07) is 0. The van der Waals surface area contributed by atoms with Gasteiger partial charge in [0, 0.05) is 31.3 Å². The van der Waals surface area contributed by atoms with E-state index < -0.39 is 29.4 Å². The number of aliphatic carboxylic acids is 1. The number of carboxylic acids is 1. The maximum Gasteiger partial charge on any atom is 0.413 e. The van der Waals surface area contributed by atoms with Crippen LogP contribution in [0, 0.1) is 0 Å². The van der Waals surface area contributed by atoms with Crippen molar-refractivity contribution >= 4 is 40.3 Å². The molecule has 1 aliphatic heterocycles. The van der Waals surface area contributed by atoms with E-state index in [1.807, 2.05) is 0 Å². The van der Waals surface area contributed by atoms with Crippen molar-refractivity contribution in [2.24, 2.45) is 5.16 Å². The normalized spacial score (nSPS) is 15.8. The van der Waals surface area contributed by atoms with E-state index >= 15 is 0 Å². The Hall–Kier alpha value is -2.89. The molecule has 1 aromatic rings. The number of rotatable bonds is 5. The monoisotopic (exact) mass is 470 g/mol. The number of ether oxygens (including phenoxy) is 2. The molecule has 0 aliphatic carbocycles. The zero-order chi connectivity index (χ0) is 24.1. The van der Waals surface area contributed by atoms with Gasteiger partial charge in [0.1, 0.15) is 23.0 Å². The van der Waals surface area contributed by atoms with Gasteiger partial charge in [-0.15, -0.1) is 11.3 Å². The highest BCUT2D eigenvalue weighted by Gasteiger charge is 2.28. The number of carbonyl (C=O) groups is 3. The topological polar surface area (TPSA) is 140 Å². The van der Waals surface area contributed by atoms with Crippen LogP contribution in [-0.2, 0) is 19.1 Å². The van der Waals surface area contributed by atoms with Gasteiger partial charge in [0.15, 0.2) is 5.13 Å². The molecule has 1 fully saturated rings. The first-order chi connectivity index (χ1) is 14.7. The number of hydrogen-bond donors (Lipinski definition) is 2. The van der Waals surface area contributed by atoms with Crippen molar-refractivity contribution < 1.29 is 33.8 Å². The van der Waals surface area contributed by atoms with E-state index in [0.717, 1.165) is 11.3 Å². The second-order valence-electron chi connectivity index (χ2n) is 9.18. The molecule has 0 bridgehead atoms. The number of anilines is 1. The summed E-state index contributed by atoms with van der Waals surface area (Å²) in [6.07, 6.45) is -0.463. The maximum absolute atomic E-state index is 12.1. The highest BCUT2D eigenvalue weighted by Crippen LogP contribution is 2.20. The first-order valence-corrected chi connectivity index (χ1v) is 11.0. The van der Waals surface area contributed by atoms with Crippen LogP contribution in [-0.4, -0.2) is 69.3 Å². The Morgan fingerprint density at radius 1 is 1.12 bits per heavy atom. The fraction of sp³-hybridized carbons (Fsp3) is 0.650. The molecule has 0 unspecified atom stereocenters. The molecule has 0 aromatic carbocycles. The number of amides is 2. The Kier molecular flexibility index (Phi) is 8.05. The average Bonchev–Trinajstić information content (AvgIpc) is 3.07. The van der Waals surface area contributed by atoms with Gasteiger partial charge in [-0.1, -0.05) is 5.16 Å². The minimum Gasteiger partial charge on any atom is -0.476 e. The van der Waals surface area contributed by atoms with Crippen molar-refractivity contribution in [1.82, 2.24) is 9.88 Å². The molecule has 1 aliphatic rings. The minimum atomic E-state index is -1.31. The van der Waals surface area contributed by atoms with E-state index in [1.54, 1.807) is 46.4 Å². The number of piperidine rings is 1. The number of carboxylic acid groups (broad SMARTS) is 1. The van der Waals surface area contributed by atoms with Crippen molar-refractivity contribution in [2.75, 3.05) is 18.4 Å². The molecular weight excluding hydrogens is 440 g/mol. The van der Waals surface area contributed by atoms with Gasteiger partial charge in [0.05, 0.1) is 0 Å². The molecule has 2 amide bonds. The number of oxime groups is 1. The number of carbonyl (C=O) groups excluding carboxylic acids is 2. The van der Waals surface area contributed by atoms with Crippen LogP contribution in [0.1, 0.15) is 60.1 Å². The van der Waals surface area contributed by atoms with Gasteiger partial charge < -0.3 is 24.3 Å². The van der Waals surface area contributed by atoms with Gasteiger partial charge in [-0.25, -0.2) is 19.4 Å². The second-order valence-corrected chi connectivity index (χ2v) is 10.0. The predicted molar refractivity (Wildman–Crippen MR) is 118 cm³/mol. The molecule has 2 heterocycles. The van der Waals surface area contributed by atoms with Gasteiger partial charge in [-0.2, -0.15) is 0 Å². The molecule has 2 N–H and O–H groups in total. The smallest absolute Gasteiger partial charge is 0.413 e. The molecule has 0 atom stereocenters.